The van der Waals surface area contributed by atoms with E-state index in [0.29, 0.717) is 17.4 Å². The van der Waals surface area contributed by atoms with Crippen LogP contribution in [0, 0.1) is 6.92 Å². The minimum absolute atomic E-state index is 0.00898. The highest BCUT2D eigenvalue weighted by Crippen LogP contribution is 2.20. The average Bonchev–Trinajstić information content (AvgIpc) is 3.17. The molecule has 0 radical (unpaired) electrons. The SMILES string of the molecule is Cc1ccc(NS(=O)(=O)c2cccc(C(=O)NCc3noc(C(C)(C)C)n3)c2)cc1. The van der Waals surface area contributed by atoms with Crippen LogP contribution in [-0.2, 0) is 22.0 Å². The summed E-state index contributed by atoms with van der Waals surface area (Å²) in [6.45, 7) is 7.81. The lowest BCUT2D eigenvalue weighted by Crippen LogP contribution is -2.24. The van der Waals surface area contributed by atoms with Gasteiger partial charge in [-0.05, 0) is 37.3 Å². The summed E-state index contributed by atoms with van der Waals surface area (Å²) in [5, 5.41) is 6.53. The van der Waals surface area contributed by atoms with Crippen LogP contribution in [0.1, 0.15) is 48.4 Å². The predicted molar refractivity (Wildman–Crippen MR) is 113 cm³/mol. The molecule has 0 aliphatic rings. The van der Waals surface area contributed by atoms with Crippen LogP contribution in [0.2, 0.25) is 0 Å². The lowest BCUT2D eigenvalue weighted by molar-refractivity contribution is 0.0949. The molecule has 8 nitrogen and oxygen atoms in total. The number of rotatable bonds is 6. The van der Waals surface area contributed by atoms with Gasteiger partial charge in [-0.15, -0.1) is 0 Å². The van der Waals surface area contributed by atoms with Gasteiger partial charge >= 0.3 is 0 Å². The van der Waals surface area contributed by atoms with E-state index in [1.807, 2.05) is 39.8 Å². The van der Waals surface area contributed by atoms with Gasteiger partial charge in [0.1, 0.15) is 0 Å². The number of hydrogen-bond acceptors (Lipinski definition) is 6. The van der Waals surface area contributed by atoms with E-state index in [4.69, 9.17) is 4.52 Å². The number of carbonyl (C=O) groups is 1. The minimum atomic E-state index is -3.83. The van der Waals surface area contributed by atoms with Gasteiger partial charge in [-0.3, -0.25) is 9.52 Å². The first kappa shape index (κ1) is 21.5. The van der Waals surface area contributed by atoms with E-state index in [9.17, 15) is 13.2 Å². The molecule has 3 rings (SSSR count). The standard InChI is InChI=1S/C21H24N4O4S/c1-14-8-10-16(11-9-14)25-30(27,28)17-7-5-6-15(12-17)19(26)22-13-18-23-20(29-24-18)21(2,3)4/h5-12,25H,13H2,1-4H3,(H,22,26). The fourth-order valence-corrected chi connectivity index (χ4v) is 3.64. The Labute approximate surface area is 175 Å². The quantitative estimate of drug-likeness (QED) is 0.622. The molecule has 0 unspecified atom stereocenters. The van der Waals surface area contributed by atoms with Crippen LogP contribution in [0.25, 0.3) is 0 Å². The topological polar surface area (TPSA) is 114 Å². The highest BCUT2D eigenvalue weighted by molar-refractivity contribution is 7.92. The van der Waals surface area contributed by atoms with Crippen LogP contribution in [-0.4, -0.2) is 24.5 Å². The number of aromatic nitrogens is 2. The maximum absolute atomic E-state index is 12.7. The van der Waals surface area contributed by atoms with E-state index in [2.05, 4.69) is 20.2 Å². The smallest absolute Gasteiger partial charge is 0.261 e. The highest BCUT2D eigenvalue weighted by Gasteiger charge is 2.22. The van der Waals surface area contributed by atoms with Crippen LogP contribution in [0.5, 0.6) is 0 Å². The van der Waals surface area contributed by atoms with Crippen molar-refractivity contribution in [3.8, 4) is 0 Å². The van der Waals surface area contributed by atoms with Crippen molar-refractivity contribution < 1.29 is 17.7 Å². The number of carbonyl (C=O) groups excluding carboxylic acids is 1. The van der Waals surface area contributed by atoms with Gasteiger partial charge in [-0.25, -0.2) is 8.42 Å². The van der Waals surface area contributed by atoms with Crippen molar-refractivity contribution >= 4 is 21.6 Å². The van der Waals surface area contributed by atoms with Gasteiger partial charge in [0.15, 0.2) is 5.82 Å². The maximum Gasteiger partial charge on any atom is 0.261 e. The van der Waals surface area contributed by atoms with Gasteiger partial charge < -0.3 is 9.84 Å². The Hall–Kier alpha value is -3.20. The first-order valence-electron chi connectivity index (χ1n) is 9.35. The summed E-state index contributed by atoms with van der Waals surface area (Å²) >= 11 is 0. The molecule has 0 saturated heterocycles. The maximum atomic E-state index is 12.7. The molecule has 2 N–H and O–H groups in total. The van der Waals surface area contributed by atoms with Crippen molar-refractivity contribution in [1.29, 1.82) is 0 Å². The molecule has 0 bridgehead atoms. The molecule has 3 aromatic rings. The second kappa shape index (κ2) is 8.27. The van der Waals surface area contributed by atoms with Crippen LogP contribution in [0.15, 0.2) is 57.9 Å². The average molecular weight is 429 g/mol. The highest BCUT2D eigenvalue weighted by atomic mass is 32.2. The fraction of sp³-hybridized carbons (Fsp3) is 0.286. The summed E-state index contributed by atoms with van der Waals surface area (Å²) in [7, 11) is -3.83. The Morgan fingerprint density at radius 1 is 1.10 bits per heavy atom. The van der Waals surface area contributed by atoms with Gasteiger partial charge in [0, 0.05) is 16.7 Å². The minimum Gasteiger partial charge on any atom is -0.345 e. The molecule has 158 valence electrons. The Bertz CT molecular complexity index is 1150. The van der Waals surface area contributed by atoms with Crippen LogP contribution < -0.4 is 10.0 Å². The third-order valence-electron chi connectivity index (χ3n) is 4.23. The molecule has 0 aliphatic carbocycles. The molecule has 0 spiro atoms. The van der Waals surface area contributed by atoms with E-state index in [0.717, 1.165) is 5.56 Å². The molecule has 0 saturated carbocycles. The van der Waals surface area contributed by atoms with E-state index < -0.39 is 15.9 Å². The largest absolute Gasteiger partial charge is 0.345 e. The summed E-state index contributed by atoms with van der Waals surface area (Å²) in [4.78, 5) is 16.7. The summed E-state index contributed by atoms with van der Waals surface area (Å²) in [6, 6.07) is 12.8. The number of hydrogen-bond donors (Lipinski definition) is 2. The summed E-state index contributed by atoms with van der Waals surface area (Å²) in [5.41, 5.74) is 1.39. The Morgan fingerprint density at radius 3 is 2.43 bits per heavy atom. The number of amides is 1. The van der Waals surface area contributed by atoms with Crippen LogP contribution in [0.4, 0.5) is 5.69 Å². The van der Waals surface area contributed by atoms with E-state index in [1.165, 1.54) is 24.3 Å². The van der Waals surface area contributed by atoms with Gasteiger partial charge in [0.2, 0.25) is 5.89 Å². The lowest BCUT2D eigenvalue weighted by atomic mass is 9.97. The molecule has 2 aromatic carbocycles. The number of aryl methyl sites for hydroxylation is 1. The van der Waals surface area contributed by atoms with Crippen molar-refractivity contribution in [3.05, 3.63) is 71.4 Å². The van der Waals surface area contributed by atoms with Crippen molar-refractivity contribution in [1.82, 2.24) is 15.5 Å². The third kappa shape index (κ3) is 5.24. The molecule has 30 heavy (non-hydrogen) atoms. The molecule has 1 heterocycles. The second-order valence-corrected chi connectivity index (χ2v) is 9.63. The Kier molecular flexibility index (Phi) is 5.93. The number of anilines is 1. The molecule has 9 heteroatoms. The molecule has 0 atom stereocenters. The van der Waals surface area contributed by atoms with Gasteiger partial charge in [-0.1, -0.05) is 49.7 Å². The predicted octanol–water partition coefficient (Wildman–Crippen LogP) is 3.41. The normalized spacial score (nSPS) is 11.9. The number of nitrogens with one attached hydrogen (secondary N) is 2. The zero-order valence-corrected chi connectivity index (χ0v) is 18.1. The molecular weight excluding hydrogens is 404 g/mol. The van der Waals surface area contributed by atoms with Gasteiger partial charge in [-0.2, -0.15) is 4.98 Å². The van der Waals surface area contributed by atoms with E-state index >= 15 is 0 Å². The summed E-state index contributed by atoms with van der Waals surface area (Å²) in [6.07, 6.45) is 0. The van der Waals surface area contributed by atoms with E-state index in [1.54, 1.807) is 12.1 Å². The summed E-state index contributed by atoms with van der Waals surface area (Å²) < 4.78 is 33.0. The van der Waals surface area contributed by atoms with Crippen molar-refractivity contribution in [2.24, 2.45) is 0 Å². The van der Waals surface area contributed by atoms with Gasteiger partial charge in [0.05, 0.1) is 11.4 Å². The van der Waals surface area contributed by atoms with Crippen molar-refractivity contribution in [2.75, 3.05) is 4.72 Å². The van der Waals surface area contributed by atoms with Crippen molar-refractivity contribution in [2.45, 2.75) is 44.6 Å². The first-order valence-corrected chi connectivity index (χ1v) is 10.8. The second-order valence-electron chi connectivity index (χ2n) is 7.95. The Balaban J connectivity index is 1.70. The molecule has 0 fully saturated rings. The number of nitrogens with zero attached hydrogens (tertiary/aromatic N) is 2. The lowest BCUT2D eigenvalue weighted by Gasteiger charge is -2.10. The summed E-state index contributed by atoms with van der Waals surface area (Å²) in [5.74, 6) is 0.379. The molecule has 0 aliphatic heterocycles. The van der Waals surface area contributed by atoms with Gasteiger partial charge in [0.25, 0.3) is 15.9 Å². The molecular formula is C21H24N4O4S. The van der Waals surface area contributed by atoms with E-state index in [-0.39, 0.29) is 22.4 Å². The zero-order chi connectivity index (χ0) is 21.9. The number of sulfonamides is 1. The first-order chi connectivity index (χ1) is 14.0. The number of benzene rings is 2. The third-order valence-corrected chi connectivity index (χ3v) is 5.61. The fourth-order valence-electron chi connectivity index (χ4n) is 2.53. The monoisotopic (exact) mass is 428 g/mol. The zero-order valence-electron chi connectivity index (χ0n) is 17.3. The molecule has 1 aromatic heterocycles. The van der Waals surface area contributed by atoms with Crippen LogP contribution in [0.3, 0.4) is 0 Å². The van der Waals surface area contributed by atoms with Crippen LogP contribution >= 0.6 is 0 Å². The Morgan fingerprint density at radius 2 is 1.80 bits per heavy atom. The van der Waals surface area contributed by atoms with Crippen molar-refractivity contribution in [3.63, 3.8) is 0 Å². The molecule has 1 amide bonds.